The van der Waals surface area contributed by atoms with Gasteiger partial charge in [0.05, 0.1) is 4.90 Å². The van der Waals surface area contributed by atoms with Crippen LogP contribution in [0.4, 0.5) is 0 Å². The lowest BCUT2D eigenvalue weighted by Crippen LogP contribution is -2.28. The first-order valence-electron chi connectivity index (χ1n) is 6.09. The van der Waals surface area contributed by atoms with E-state index in [1.165, 1.54) is 18.2 Å². The molecular weight excluding hydrogens is 286 g/mol. The summed E-state index contributed by atoms with van der Waals surface area (Å²) in [6.07, 6.45) is 0.989. The minimum atomic E-state index is -3.76. The van der Waals surface area contributed by atoms with Crippen LogP contribution in [0.5, 0.6) is 0 Å². The zero-order valence-electron chi connectivity index (χ0n) is 11.2. The maximum absolute atomic E-state index is 12.0. The number of aryl methyl sites for hydroxylation is 1. The van der Waals surface area contributed by atoms with Crippen molar-refractivity contribution in [1.82, 2.24) is 5.32 Å². The molecule has 0 bridgehead atoms. The fraction of sp³-hybridized carbons (Fsp3) is 0.462. The first-order valence-corrected chi connectivity index (χ1v) is 8.40. The van der Waals surface area contributed by atoms with Crippen LogP contribution in [-0.2, 0) is 9.05 Å². The number of carbonyl (C=O) groups is 1. The van der Waals surface area contributed by atoms with E-state index in [1.807, 2.05) is 0 Å². The molecule has 1 rings (SSSR count). The highest BCUT2D eigenvalue weighted by molar-refractivity contribution is 8.13. The SMILES string of the molecule is CCC(C)CNC(=O)c1ccc(S(=O)(=O)Cl)cc1C. The second-order valence-corrected chi connectivity index (χ2v) is 7.20. The number of amides is 1. The van der Waals surface area contributed by atoms with Crippen LogP contribution >= 0.6 is 10.7 Å². The standard InChI is InChI=1S/C13H18ClNO3S/c1-4-9(2)8-15-13(16)12-6-5-11(7-10(12)3)19(14,17)18/h5-7,9H,4,8H2,1-3H3,(H,15,16). The molecule has 1 amide bonds. The topological polar surface area (TPSA) is 63.2 Å². The van der Waals surface area contributed by atoms with E-state index in [9.17, 15) is 13.2 Å². The van der Waals surface area contributed by atoms with Gasteiger partial charge in [-0.05, 0) is 36.6 Å². The van der Waals surface area contributed by atoms with Crippen molar-refractivity contribution in [2.45, 2.75) is 32.1 Å². The molecule has 0 fully saturated rings. The average Bonchev–Trinajstić information content (AvgIpc) is 2.34. The van der Waals surface area contributed by atoms with Crippen molar-refractivity contribution in [2.24, 2.45) is 5.92 Å². The van der Waals surface area contributed by atoms with Gasteiger partial charge in [0.25, 0.3) is 15.0 Å². The smallest absolute Gasteiger partial charge is 0.261 e. The number of halogens is 1. The summed E-state index contributed by atoms with van der Waals surface area (Å²) in [7, 11) is 1.50. The van der Waals surface area contributed by atoms with Gasteiger partial charge in [-0.1, -0.05) is 20.3 Å². The minimum Gasteiger partial charge on any atom is -0.352 e. The van der Waals surface area contributed by atoms with E-state index in [2.05, 4.69) is 19.2 Å². The van der Waals surface area contributed by atoms with Crippen molar-refractivity contribution < 1.29 is 13.2 Å². The maximum atomic E-state index is 12.0. The van der Waals surface area contributed by atoms with E-state index >= 15 is 0 Å². The number of hydrogen-bond donors (Lipinski definition) is 1. The fourth-order valence-electron chi connectivity index (χ4n) is 1.55. The Labute approximate surface area is 118 Å². The maximum Gasteiger partial charge on any atom is 0.261 e. The van der Waals surface area contributed by atoms with E-state index in [0.29, 0.717) is 23.6 Å². The largest absolute Gasteiger partial charge is 0.352 e. The highest BCUT2D eigenvalue weighted by Gasteiger charge is 2.15. The Morgan fingerprint density at radius 1 is 1.42 bits per heavy atom. The Kier molecular flexibility index (Phi) is 5.38. The first-order chi connectivity index (χ1) is 8.75. The summed E-state index contributed by atoms with van der Waals surface area (Å²) < 4.78 is 22.4. The molecule has 6 heteroatoms. The van der Waals surface area contributed by atoms with Crippen LogP contribution in [0.1, 0.15) is 36.2 Å². The van der Waals surface area contributed by atoms with Crippen LogP contribution in [0.25, 0.3) is 0 Å². The quantitative estimate of drug-likeness (QED) is 0.851. The molecule has 1 aromatic rings. The van der Waals surface area contributed by atoms with E-state index in [0.717, 1.165) is 6.42 Å². The number of nitrogens with one attached hydrogen (secondary N) is 1. The van der Waals surface area contributed by atoms with E-state index in [4.69, 9.17) is 10.7 Å². The highest BCUT2D eigenvalue weighted by Crippen LogP contribution is 2.19. The summed E-state index contributed by atoms with van der Waals surface area (Å²) in [4.78, 5) is 12.0. The summed E-state index contributed by atoms with van der Waals surface area (Å²) in [5, 5.41) is 2.83. The molecule has 1 unspecified atom stereocenters. The lowest BCUT2D eigenvalue weighted by Gasteiger charge is -2.11. The lowest BCUT2D eigenvalue weighted by atomic mass is 10.1. The van der Waals surface area contributed by atoms with Crippen molar-refractivity contribution in [2.75, 3.05) is 6.54 Å². The molecule has 1 atom stereocenters. The molecule has 0 saturated heterocycles. The highest BCUT2D eigenvalue weighted by atomic mass is 35.7. The van der Waals surface area contributed by atoms with Gasteiger partial charge in [0.15, 0.2) is 0 Å². The fourth-order valence-corrected chi connectivity index (χ4v) is 2.39. The van der Waals surface area contributed by atoms with Crippen molar-refractivity contribution in [1.29, 1.82) is 0 Å². The van der Waals surface area contributed by atoms with Crippen LogP contribution < -0.4 is 5.32 Å². The summed E-state index contributed by atoms with van der Waals surface area (Å²) in [6, 6.07) is 4.23. The average molecular weight is 304 g/mol. The third-order valence-electron chi connectivity index (χ3n) is 3.03. The second-order valence-electron chi connectivity index (χ2n) is 4.64. The number of hydrogen-bond acceptors (Lipinski definition) is 3. The molecule has 0 aliphatic heterocycles. The predicted molar refractivity (Wildman–Crippen MR) is 76.0 cm³/mol. The zero-order chi connectivity index (χ0) is 14.6. The van der Waals surface area contributed by atoms with Crippen LogP contribution in [0.3, 0.4) is 0 Å². The lowest BCUT2D eigenvalue weighted by molar-refractivity contribution is 0.0947. The molecule has 0 heterocycles. The predicted octanol–water partition coefficient (Wildman–Crippen LogP) is 2.70. The second kappa shape index (κ2) is 6.39. The molecule has 0 spiro atoms. The molecule has 0 aliphatic carbocycles. The molecule has 1 aromatic carbocycles. The van der Waals surface area contributed by atoms with E-state index in [1.54, 1.807) is 6.92 Å². The Bertz CT molecular complexity index is 569. The van der Waals surface area contributed by atoms with Crippen molar-refractivity contribution >= 4 is 25.6 Å². The molecule has 0 radical (unpaired) electrons. The van der Waals surface area contributed by atoms with Gasteiger partial charge >= 0.3 is 0 Å². The molecular formula is C13H18ClNO3S. The van der Waals surface area contributed by atoms with Gasteiger partial charge in [-0.15, -0.1) is 0 Å². The molecule has 106 valence electrons. The zero-order valence-corrected chi connectivity index (χ0v) is 12.8. The monoisotopic (exact) mass is 303 g/mol. The Morgan fingerprint density at radius 2 is 2.05 bits per heavy atom. The van der Waals surface area contributed by atoms with Gasteiger partial charge in [-0.3, -0.25) is 4.79 Å². The third-order valence-corrected chi connectivity index (χ3v) is 4.38. The van der Waals surface area contributed by atoms with Gasteiger partial charge in [0, 0.05) is 22.8 Å². The molecule has 0 aromatic heterocycles. The Balaban J connectivity index is 2.88. The first kappa shape index (κ1) is 16.0. The van der Waals surface area contributed by atoms with E-state index < -0.39 is 9.05 Å². The van der Waals surface area contributed by atoms with Crippen LogP contribution in [0.2, 0.25) is 0 Å². The molecule has 0 aliphatic rings. The number of benzene rings is 1. The minimum absolute atomic E-state index is 0.00476. The van der Waals surface area contributed by atoms with Gasteiger partial charge in [0.1, 0.15) is 0 Å². The Morgan fingerprint density at radius 3 is 2.53 bits per heavy atom. The van der Waals surface area contributed by atoms with Crippen molar-refractivity contribution in [3.05, 3.63) is 29.3 Å². The summed E-state index contributed by atoms with van der Waals surface area (Å²) in [5.74, 6) is 0.211. The Hall–Kier alpha value is -1.07. The van der Waals surface area contributed by atoms with Crippen LogP contribution in [0.15, 0.2) is 23.1 Å². The van der Waals surface area contributed by atoms with Crippen molar-refractivity contribution in [3.8, 4) is 0 Å². The van der Waals surface area contributed by atoms with E-state index in [-0.39, 0.29) is 10.8 Å². The van der Waals surface area contributed by atoms with Gasteiger partial charge in [-0.25, -0.2) is 8.42 Å². The van der Waals surface area contributed by atoms with Crippen molar-refractivity contribution in [3.63, 3.8) is 0 Å². The summed E-state index contributed by atoms with van der Waals surface area (Å²) in [5.41, 5.74) is 1.05. The molecule has 0 saturated carbocycles. The molecule has 19 heavy (non-hydrogen) atoms. The summed E-state index contributed by atoms with van der Waals surface area (Å²) >= 11 is 0. The normalized spacial score (nSPS) is 13.1. The molecule has 1 N–H and O–H groups in total. The van der Waals surface area contributed by atoms with Gasteiger partial charge in [0.2, 0.25) is 0 Å². The van der Waals surface area contributed by atoms with Crippen LogP contribution in [-0.4, -0.2) is 20.9 Å². The number of carbonyl (C=O) groups excluding carboxylic acids is 1. The summed E-state index contributed by atoms with van der Waals surface area (Å²) in [6.45, 7) is 6.40. The van der Waals surface area contributed by atoms with Gasteiger partial charge in [-0.2, -0.15) is 0 Å². The third kappa shape index (κ3) is 4.51. The number of rotatable bonds is 5. The molecule has 4 nitrogen and oxygen atoms in total. The van der Waals surface area contributed by atoms with Gasteiger partial charge < -0.3 is 5.32 Å². The van der Waals surface area contributed by atoms with Crippen LogP contribution in [0, 0.1) is 12.8 Å².